The third kappa shape index (κ3) is 3.21. The summed E-state index contributed by atoms with van der Waals surface area (Å²) in [5, 5.41) is 0. The van der Waals surface area contributed by atoms with Gasteiger partial charge in [0.25, 0.3) is 0 Å². The summed E-state index contributed by atoms with van der Waals surface area (Å²) in [6.07, 6.45) is 0. The molecule has 18 heavy (non-hydrogen) atoms. The van der Waals surface area contributed by atoms with Gasteiger partial charge in [-0.25, -0.2) is 4.39 Å². The maximum Gasteiger partial charge on any atom is 0.159 e. The van der Waals surface area contributed by atoms with Gasteiger partial charge in [-0.3, -0.25) is 4.79 Å². The van der Waals surface area contributed by atoms with Crippen molar-refractivity contribution in [2.75, 3.05) is 0 Å². The Morgan fingerprint density at radius 1 is 1.22 bits per heavy atom. The number of ketones is 1. The molecule has 0 aliphatic rings. The maximum atomic E-state index is 13.1. The first-order valence-electron chi connectivity index (χ1n) is 5.30. The summed E-state index contributed by atoms with van der Waals surface area (Å²) in [6, 6.07) is 11.8. The van der Waals surface area contributed by atoms with E-state index in [1.807, 2.05) is 12.1 Å². The van der Waals surface area contributed by atoms with E-state index in [-0.39, 0.29) is 11.6 Å². The van der Waals surface area contributed by atoms with Gasteiger partial charge in [0.2, 0.25) is 0 Å². The Labute approximate surface area is 118 Å². The average molecular weight is 325 g/mol. The zero-order valence-corrected chi connectivity index (χ0v) is 12.0. The molecule has 0 atom stereocenters. The third-order valence-electron chi connectivity index (χ3n) is 2.36. The summed E-state index contributed by atoms with van der Waals surface area (Å²) >= 11 is 4.88. The van der Waals surface area contributed by atoms with Gasteiger partial charge in [-0.15, -0.1) is 0 Å². The number of hydrogen-bond acceptors (Lipinski definition) is 2. The van der Waals surface area contributed by atoms with Crippen molar-refractivity contribution in [3.8, 4) is 0 Å². The normalized spacial score (nSPS) is 10.4. The molecule has 0 fully saturated rings. The lowest BCUT2D eigenvalue weighted by molar-refractivity contribution is 0.101. The van der Waals surface area contributed by atoms with E-state index in [0.29, 0.717) is 5.56 Å². The summed E-state index contributed by atoms with van der Waals surface area (Å²) in [6.45, 7) is 1.53. The van der Waals surface area contributed by atoms with Crippen molar-refractivity contribution in [3.63, 3.8) is 0 Å². The Morgan fingerprint density at radius 3 is 2.61 bits per heavy atom. The highest BCUT2D eigenvalue weighted by Gasteiger charge is 2.06. The number of benzene rings is 2. The van der Waals surface area contributed by atoms with Gasteiger partial charge in [0.05, 0.1) is 0 Å². The molecule has 0 spiro atoms. The van der Waals surface area contributed by atoms with Gasteiger partial charge in [0.15, 0.2) is 5.78 Å². The summed E-state index contributed by atoms with van der Waals surface area (Å²) in [5.74, 6) is -0.227. The predicted octanol–water partition coefficient (Wildman–Crippen LogP) is 4.94. The van der Waals surface area contributed by atoms with Crippen LogP contribution in [0.4, 0.5) is 4.39 Å². The van der Waals surface area contributed by atoms with Crippen LogP contribution in [0.15, 0.2) is 56.7 Å². The summed E-state index contributed by atoms with van der Waals surface area (Å²) in [5.41, 5.74) is 0.658. The Morgan fingerprint density at radius 2 is 2.00 bits per heavy atom. The van der Waals surface area contributed by atoms with Gasteiger partial charge in [-0.2, -0.15) is 0 Å². The smallest absolute Gasteiger partial charge is 0.159 e. The summed E-state index contributed by atoms with van der Waals surface area (Å²) in [7, 11) is 0. The van der Waals surface area contributed by atoms with E-state index in [0.717, 1.165) is 14.3 Å². The van der Waals surface area contributed by atoms with E-state index in [4.69, 9.17) is 0 Å². The fraction of sp³-hybridized carbons (Fsp3) is 0.0714. The molecule has 1 nitrogen and oxygen atoms in total. The van der Waals surface area contributed by atoms with Gasteiger partial charge in [-0.05, 0) is 53.2 Å². The zero-order chi connectivity index (χ0) is 13.1. The molecule has 0 radical (unpaired) electrons. The van der Waals surface area contributed by atoms with Crippen molar-refractivity contribution in [1.29, 1.82) is 0 Å². The molecular formula is C14H10BrFOS. The number of halogens is 2. The molecule has 0 N–H and O–H groups in total. The van der Waals surface area contributed by atoms with Gasteiger partial charge in [0.1, 0.15) is 5.82 Å². The molecule has 2 aromatic rings. The highest BCUT2D eigenvalue weighted by Crippen LogP contribution is 2.34. The first-order valence-corrected chi connectivity index (χ1v) is 6.91. The Balaban J connectivity index is 2.27. The van der Waals surface area contributed by atoms with Crippen molar-refractivity contribution < 1.29 is 9.18 Å². The SMILES string of the molecule is CC(=O)c1ccc(Sc2cccc(F)c2)c(Br)c1. The largest absolute Gasteiger partial charge is 0.295 e. The van der Waals surface area contributed by atoms with Gasteiger partial charge < -0.3 is 0 Å². The molecule has 92 valence electrons. The van der Waals surface area contributed by atoms with Crippen molar-refractivity contribution in [2.45, 2.75) is 16.7 Å². The summed E-state index contributed by atoms with van der Waals surface area (Å²) in [4.78, 5) is 13.0. The first kappa shape index (κ1) is 13.3. The van der Waals surface area contributed by atoms with Crippen LogP contribution in [0, 0.1) is 5.82 Å². The van der Waals surface area contributed by atoms with Crippen molar-refractivity contribution >= 4 is 33.5 Å². The Kier molecular flexibility index (Phi) is 4.19. The van der Waals surface area contributed by atoms with Crippen LogP contribution < -0.4 is 0 Å². The van der Waals surface area contributed by atoms with Crippen LogP contribution in [-0.4, -0.2) is 5.78 Å². The monoisotopic (exact) mass is 324 g/mol. The van der Waals surface area contributed by atoms with Crippen LogP contribution in [0.25, 0.3) is 0 Å². The molecule has 0 aliphatic carbocycles. The second-order valence-electron chi connectivity index (χ2n) is 3.76. The number of Topliss-reactive ketones (excluding diaryl/α,β-unsaturated/α-hetero) is 1. The number of rotatable bonds is 3. The highest BCUT2D eigenvalue weighted by atomic mass is 79.9. The number of carbonyl (C=O) groups is 1. The van der Waals surface area contributed by atoms with E-state index < -0.39 is 0 Å². The number of carbonyl (C=O) groups excluding carboxylic acids is 1. The number of hydrogen-bond donors (Lipinski definition) is 0. The molecule has 0 unspecified atom stereocenters. The lowest BCUT2D eigenvalue weighted by Gasteiger charge is -2.06. The first-order chi connectivity index (χ1) is 8.56. The minimum atomic E-state index is -0.253. The average Bonchev–Trinajstić information content (AvgIpc) is 2.31. The topological polar surface area (TPSA) is 17.1 Å². The molecule has 0 bridgehead atoms. The van der Waals surface area contributed by atoms with E-state index >= 15 is 0 Å². The van der Waals surface area contributed by atoms with Crippen LogP contribution in [0.5, 0.6) is 0 Å². The van der Waals surface area contributed by atoms with Gasteiger partial charge in [-0.1, -0.05) is 23.9 Å². The lowest BCUT2D eigenvalue weighted by atomic mass is 10.2. The maximum absolute atomic E-state index is 13.1. The van der Waals surface area contributed by atoms with E-state index in [1.165, 1.54) is 30.8 Å². The predicted molar refractivity (Wildman–Crippen MR) is 74.7 cm³/mol. The molecular weight excluding hydrogens is 315 g/mol. The van der Waals surface area contributed by atoms with Crippen LogP contribution in [0.3, 0.4) is 0 Å². The lowest BCUT2D eigenvalue weighted by Crippen LogP contribution is -1.91. The summed E-state index contributed by atoms with van der Waals surface area (Å²) < 4.78 is 13.9. The van der Waals surface area contributed by atoms with Crippen LogP contribution in [0.1, 0.15) is 17.3 Å². The third-order valence-corrected chi connectivity index (χ3v) is 4.35. The molecule has 0 amide bonds. The minimum absolute atomic E-state index is 0.0259. The van der Waals surface area contributed by atoms with E-state index in [2.05, 4.69) is 15.9 Å². The Bertz CT molecular complexity index is 598. The van der Waals surface area contributed by atoms with Crippen LogP contribution in [-0.2, 0) is 0 Å². The molecule has 0 saturated heterocycles. The van der Waals surface area contributed by atoms with Crippen LogP contribution >= 0.6 is 27.7 Å². The van der Waals surface area contributed by atoms with Crippen LogP contribution in [0.2, 0.25) is 0 Å². The zero-order valence-electron chi connectivity index (χ0n) is 9.61. The van der Waals surface area contributed by atoms with Crippen molar-refractivity contribution in [1.82, 2.24) is 0 Å². The quantitative estimate of drug-likeness (QED) is 0.744. The minimum Gasteiger partial charge on any atom is -0.295 e. The standard InChI is InChI=1S/C14H10BrFOS/c1-9(17)10-5-6-14(13(15)7-10)18-12-4-2-3-11(16)8-12/h2-8H,1H3. The Hall–Kier alpha value is -1.13. The van der Waals surface area contributed by atoms with Gasteiger partial charge >= 0.3 is 0 Å². The van der Waals surface area contributed by atoms with Crippen molar-refractivity contribution in [2.24, 2.45) is 0 Å². The van der Waals surface area contributed by atoms with Gasteiger partial charge in [0, 0.05) is 19.8 Å². The van der Waals surface area contributed by atoms with E-state index in [9.17, 15) is 9.18 Å². The van der Waals surface area contributed by atoms with Crippen molar-refractivity contribution in [3.05, 3.63) is 58.3 Å². The highest BCUT2D eigenvalue weighted by molar-refractivity contribution is 9.10. The van der Waals surface area contributed by atoms with E-state index in [1.54, 1.807) is 18.2 Å². The molecule has 4 heteroatoms. The second-order valence-corrected chi connectivity index (χ2v) is 5.73. The second kappa shape index (κ2) is 5.67. The molecule has 0 heterocycles. The molecule has 2 rings (SSSR count). The molecule has 2 aromatic carbocycles. The molecule has 0 aliphatic heterocycles. The fourth-order valence-corrected chi connectivity index (χ4v) is 2.95. The fourth-order valence-electron chi connectivity index (χ4n) is 1.46. The molecule has 0 saturated carbocycles. The molecule has 0 aromatic heterocycles.